The van der Waals surface area contributed by atoms with E-state index in [2.05, 4.69) is 16.4 Å². The van der Waals surface area contributed by atoms with Crippen LogP contribution in [0.1, 0.15) is 24.8 Å². The van der Waals surface area contributed by atoms with Crippen LogP contribution in [0.5, 0.6) is 0 Å². The Hall–Kier alpha value is -0.740. The fraction of sp³-hybridized carbons (Fsp3) is 0.583. The van der Waals surface area contributed by atoms with Crippen LogP contribution in [0.4, 0.5) is 5.82 Å². The Morgan fingerprint density at radius 3 is 3.06 bits per heavy atom. The van der Waals surface area contributed by atoms with E-state index in [0.29, 0.717) is 6.04 Å². The van der Waals surface area contributed by atoms with Gasteiger partial charge in [-0.1, -0.05) is 0 Å². The minimum atomic E-state index is 0.253. The summed E-state index contributed by atoms with van der Waals surface area (Å²) >= 11 is 1.75. The van der Waals surface area contributed by atoms with Crippen molar-refractivity contribution in [1.29, 1.82) is 0 Å². The first-order valence-electron chi connectivity index (χ1n) is 5.78. The lowest BCUT2D eigenvalue weighted by molar-refractivity contribution is 0.322. The van der Waals surface area contributed by atoms with Crippen molar-refractivity contribution in [3.05, 3.63) is 23.9 Å². The highest BCUT2D eigenvalue weighted by Gasteiger charge is 2.17. The van der Waals surface area contributed by atoms with Gasteiger partial charge in [-0.25, -0.2) is 4.98 Å². The van der Waals surface area contributed by atoms with Crippen LogP contribution in [-0.2, 0) is 5.75 Å². The molecule has 1 aliphatic carbocycles. The first-order chi connectivity index (χ1) is 7.88. The fourth-order valence-electron chi connectivity index (χ4n) is 1.66. The molecule has 3 nitrogen and oxygen atoms in total. The number of hydrogen-bond donors (Lipinski definition) is 2. The van der Waals surface area contributed by atoms with Gasteiger partial charge in [0.2, 0.25) is 0 Å². The Morgan fingerprint density at radius 1 is 1.50 bits per heavy atom. The second-order valence-electron chi connectivity index (χ2n) is 4.10. The smallest absolute Gasteiger partial charge is 0.126 e. The summed E-state index contributed by atoms with van der Waals surface area (Å²) in [6.07, 6.45) is 5.73. The van der Waals surface area contributed by atoms with Gasteiger partial charge < -0.3 is 10.4 Å². The van der Waals surface area contributed by atoms with Gasteiger partial charge >= 0.3 is 0 Å². The third-order valence-electron chi connectivity index (χ3n) is 2.79. The molecule has 0 aromatic carbocycles. The lowest BCUT2D eigenvalue weighted by Gasteiger charge is -2.27. The molecule has 2 N–H and O–H groups in total. The number of aliphatic hydroxyl groups excluding tert-OH is 1. The molecule has 2 rings (SSSR count). The van der Waals surface area contributed by atoms with Crippen LogP contribution in [0, 0.1) is 0 Å². The van der Waals surface area contributed by atoms with Crippen molar-refractivity contribution < 1.29 is 5.11 Å². The molecule has 1 aromatic heterocycles. The number of rotatable bonds is 6. The molecular formula is C12H18N2OS. The Morgan fingerprint density at radius 2 is 2.38 bits per heavy atom. The van der Waals surface area contributed by atoms with E-state index in [1.807, 2.05) is 12.3 Å². The van der Waals surface area contributed by atoms with Crippen LogP contribution in [-0.4, -0.2) is 28.5 Å². The molecule has 0 amide bonds. The maximum Gasteiger partial charge on any atom is 0.126 e. The van der Waals surface area contributed by atoms with Crippen LogP contribution < -0.4 is 5.32 Å². The fourth-order valence-corrected chi connectivity index (χ4v) is 2.35. The van der Waals surface area contributed by atoms with Gasteiger partial charge in [-0.2, -0.15) is 11.8 Å². The highest BCUT2D eigenvalue weighted by atomic mass is 32.2. The van der Waals surface area contributed by atoms with Crippen LogP contribution in [0.25, 0.3) is 0 Å². The highest BCUT2D eigenvalue weighted by molar-refractivity contribution is 7.98. The molecule has 88 valence electrons. The second kappa shape index (κ2) is 6.11. The quantitative estimate of drug-likeness (QED) is 0.746. The van der Waals surface area contributed by atoms with E-state index in [9.17, 15) is 0 Å². The van der Waals surface area contributed by atoms with Gasteiger partial charge in [0, 0.05) is 23.7 Å². The van der Waals surface area contributed by atoms with Crippen LogP contribution in [0.15, 0.2) is 18.3 Å². The summed E-state index contributed by atoms with van der Waals surface area (Å²) in [5, 5.41) is 12.2. The van der Waals surface area contributed by atoms with E-state index in [-0.39, 0.29) is 6.61 Å². The minimum Gasteiger partial charge on any atom is -0.396 e. The molecule has 0 radical (unpaired) electrons. The number of anilines is 1. The van der Waals surface area contributed by atoms with Crippen LogP contribution >= 0.6 is 11.8 Å². The van der Waals surface area contributed by atoms with Gasteiger partial charge in [0.25, 0.3) is 0 Å². The average Bonchev–Trinajstić information content (AvgIpc) is 2.25. The molecule has 0 unspecified atom stereocenters. The molecule has 0 saturated heterocycles. The molecule has 1 fully saturated rings. The summed E-state index contributed by atoms with van der Waals surface area (Å²) in [5.41, 5.74) is 1.27. The SMILES string of the molecule is OCCSCc1ccnc(NC2CCC2)c1. The number of hydrogen-bond acceptors (Lipinski definition) is 4. The Kier molecular flexibility index (Phi) is 4.48. The lowest BCUT2D eigenvalue weighted by atomic mass is 9.93. The van der Waals surface area contributed by atoms with Gasteiger partial charge in [0.05, 0.1) is 6.61 Å². The standard InChI is InChI=1S/C12H18N2OS/c15-6-7-16-9-10-4-5-13-12(8-10)14-11-2-1-3-11/h4-5,8,11,15H,1-3,6-7,9H2,(H,13,14). The predicted molar refractivity (Wildman–Crippen MR) is 68.7 cm³/mol. The van der Waals surface area contributed by atoms with Crippen molar-refractivity contribution in [1.82, 2.24) is 4.98 Å². The van der Waals surface area contributed by atoms with Gasteiger partial charge in [-0.3, -0.25) is 0 Å². The van der Waals surface area contributed by atoms with Crippen molar-refractivity contribution in [2.75, 3.05) is 17.7 Å². The molecule has 1 saturated carbocycles. The summed E-state index contributed by atoms with van der Waals surface area (Å²) in [4.78, 5) is 4.32. The molecule has 0 spiro atoms. The molecule has 0 atom stereocenters. The topological polar surface area (TPSA) is 45.2 Å². The summed E-state index contributed by atoms with van der Waals surface area (Å²) < 4.78 is 0. The summed E-state index contributed by atoms with van der Waals surface area (Å²) in [5.74, 6) is 2.74. The molecule has 1 heterocycles. The van der Waals surface area contributed by atoms with Gasteiger partial charge in [-0.15, -0.1) is 0 Å². The maximum atomic E-state index is 8.71. The van der Waals surface area contributed by atoms with Crippen LogP contribution in [0.3, 0.4) is 0 Å². The number of pyridine rings is 1. The Bertz CT molecular complexity index is 329. The lowest BCUT2D eigenvalue weighted by Crippen LogP contribution is -2.27. The normalized spacial score (nSPS) is 15.8. The van der Waals surface area contributed by atoms with Crippen LogP contribution in [0.2, 0.25) is 0 Å². The van der Waals surface area contributed by atoms with E-state index >= 15 is 0 Å². The van der Waals surface area contributed by atoms with E-state index in [1.54, 1.807) is 11.8 Å². The van der Waals surface area contributed by atoms with Crippen molar-refractivity contribution in [3.63, 3.8) is 0 Å². The van der Waals surface area contributed by atoms with Crippen molar-refractivity contribution in [3.8, 4) is 0 Å². The van der Waals surface area contributed by atoms with Crippen molar-refractivity contribution >= 4 is 17.6 Å². The number of aromatic nitrogens is 1. The van der Waals surface area contributed by atoms with Gasteiger partial charge in [0.15, 0.2) is 0 Å². The van der Waals surface area contributed by atoms with E-state index < -0.39 is 0 Å². The summed E-state index contributed by atoms with van der Waals surface area (Å²) in [6, 6.07) is 4.78. The predicted octanol–water partition coefficient (Wildman–Crippen LogP) is 2.27. The van der Waals surface area contributed by atoms with Gasteiger partial charge in [-0.05, 0) is 37.0 Å². The van der Waals surface area contributed by atoms with E-state index in [4.69, 9.17) is 5.11 Å². The molecule has 0 bridgehead atoms. The monoisotopic (exact) mass is 238 g/mol. The van der Waals surface area contributed by atoms with Crippen molar-refractivity contribution in [2.45, 2.75) is 31.1 Å². The number of thioether (sulfide) groups is 1. The van der Waals surface area contributed by atoms with E-state index in [0.717, 1.165) is 17.3 Å². The largest absolute Gasteiger partial charge is 0.396 e. The zero-order valence-corrected chi connectivity index (χ0v) is 10.2. The van der Waals surface area contributed by atoms with Gasteiger partial charge in [0.1, 0.15) is 5.82 Å². The Labute approximate surface area is 101 Å². The maximum absolute atomic E-state index is 8.71. The number of nitrogens with zero attached hydrogens (tertiary/aromatic N) is 1. The zero-order valence-electron chi connectivity index (χ0n) is 9.35. The average molecular weight is 238 g/mol. The first-order valence-corrected chi connectivity index (χ1v) is 6.94. The molecule has 0 aliphatic heterocycles. The minimum absolute atomic E-state index is 0.253. The highest BCUT2D eigenvalue weighted by Crippen LogP contribution is 2.23. The number of aliphatic hydroxyl groups is 1. The molecule has 16 heavy (non-hydrogen) atoms. The second-order valence-corrected chi connectivity index (χ2v) is 5.20. The first kappa shape index (κ1) is 11.7. The summed E-state index contributed by atoms with van der Waals surface area (Å²) in [7, 11) is 0. The number of nitrogens with one attached hydrogen (secondary N) is 1. The zero-order chi connectivity index (χ0) is 11.2. The molecule has 1 aromatic rings. The van der Waals surface area contributed by atoms with E-state index in [1.165, 1.54) is 24.8 Å². The molecule has 1 aliphatic rings. The molecule has 4 heteroatoms. The summed E-state index contributed by atoms with van der Waals surface area (Å²) in [6.45, 7) is 0.253. The third kappa shape index (κ3) is 3.39. The molecular weight excluding hydrogens is 220 g/mol. The van der Waals surface area contributed by atoms with Crippen molar-refractivity contribution in [2.24, 2.45) is 0 Å². The Balaban J connectivity index is 1.85. The third-order valence-corrected chi connectivity index (χ3v) is 3.79.